The summed E-state index contributed by atoms with van der Waals surface area (Å²) in [5.74, 6) is 0.0423. The molecule has 8 nitrogen and oxygen atoms in total. The normalized spacial score (nSPS) is 11.1. The maximum absolute atomic E-state index is 12.8. The number of amides is 2. The number of thiazole rings is 1. The lowest BCUT2D eigenvalue weighted by atomic mass is 10.1. The number of fused-ring (bicyclic) bond motifs is 1. The van der Waals surface area contributed by atoms with Crippen molar-refractivity contribution in [3.8, 4) is 5.69 Å². The minimum atomic E-state index is -0.364. The van der Waals surface area contributed by atoms with Crippen molar-refractivity contribution < 1.29 is 9.59 Å². The van der Waals surface area contributed by atoms with E-state index in [1.165, 1.54) is 29.2 Å². The summed E-state index contributed by atoms with van der Waals surface area (Å²) in [5.41, 5.74) is 4.06. The summed E-state index contributed by atoms with van der Waals surface area (Å²) in [5, 5.41) is 16.2. The number of carbonyl (C=O) groups is 2. The second kappa shape index (κ2) is 11.7. The van der Waals surface area contributed by atoms with Crippen molar-refractivity contribution in [1.29, 1.82) is 0 Å². The number of para-hydroxylation sites is 1. The highest BCUT2D eigenvalue weighted by Crippen LogP contribution is 2.28. The summed E-state index contributed by atoms with van der Waals surface area (Å²) in [6.07, 6.45) is 0. The van der Waals surface area contributed by atoms with Gasteiger partial charge in [-0.05, 0) is 61.4 Å². The second-order valence-electron chi connectivity index (χ2n) is 8.65. The van der Waals surface area contributed by atoms with Crippen LogP contribution in [0.4, 0.5) is 5.13 Å². The molecule has 5 rings (SSSR count). The van der Waals surface area contributed by atoms with Crippen molar-refractivity contribution in [2.75, 3.05) is 11.1 Å². The predicted octanol–water partition coefficient (Wildman–Crippen LogP) is 6.46. The van der Waals surface area contributed by atoms with E-state index in [9.17, 15) is 9.59 Å². The number of benzene rings is 3. The van der Waals surface area contributed by atoms with Crippen LogP contribution < -0.4 is 10.6 Å². The van der Waals surface area contributed by atoms with E-state index in [0.717, 1.165) is 27.0 Å². The quantitative estimate of drug-likeness (QED) is 0.199. The Morgan fingerprint density at radius 1 is 1.03 bits per heavy atom. The van der Waals surface area contributed by atoms with E-state index in [0.29, 0.717) is 26.7 Å². The van der Waals surface area contributed by atoms with Gasteiger partial charge >= 0.3 is 0 Å². The Hall–Kier alpha value is -3.44. The molecule has 0 aliphatic rings. The van der Waals surface area contributed by atoms with E-state index in [2.05, 4.69) is 25.8 Å². The first-order chi connectivity index (χ1) is 18.8. The van der Waals surface area contributed by atoms with Crippen LogP contribution in [0.5, 0.6) is 0 Å². The van der Waals surface area contributed by atoms with Gasteiger partial charge < -0.3 is 10.6 Å². The first-order valence-corrected chi connectivity index (χ1v) is 14.4. The van der Waals surface area contributed by atoms with Gasteiger partial charge in [-0.1, -0.05) is 70.6 Å². The standard InChI is InChI=1S/C27H22Cl2N6O2S2/c1-15-7-8-16(2)21(11-15)35-23(13-30-25(37)18-10-9-17(28)12-19(18)29)33-34-27(35)38-14-24(36)32-26-31-20-5-3-4-6-22(20)39-26/h3-12H,13-14H2,1-2H3,(H,30,37)(H,31,32,36). The molecule has 5 aromatic rings. The van der Waals surface area contributed by atoms with Gasteiger partial charge in [0.25, 0.3) is 5.91 Å². The average Bonchev–Trinajstić information content (AvgIpc) is 3.50. The summed E-state index contributed by atoms with van der Waals surface area (Å²) in [4.78, 5) is 30.0. The van der Waals surface area contributed by atoms with Crippen molar-refractivity contribution in [2.24, 2.45) is 0 Å². The molecule has 2 aromatic heterocycles. The van der Waals surface area contributed by atoms with E-state index in [1.807, 2.05) is 60.9 Å². The summed E-state index contributed by atoms with van der Waals surface area (Å²) in [7, 11) is 0. The molecule has 0 fully saturated rings. The van der Waals surface area contributed by atoms with Gasteiger partial charge in [0.05, 0.1) is 38.8 Å². The van der Waals surface area contributed by atoms with Crippen molar-refractivity contribution in [2.45, 2.75) is 25.5 Å². The van der Waals surface area contributed by atoms with Crippen LogP contribution in [0.15, 0.2) is 65.8 Å². The van der Waals surface area contributed by atoms with Gasteiger partial charge in [0, 0.05) is 5.02 Å². The third-order valence-corrected chi connectivity index (χ3v) is 8.19. The Morgan fingerprint density at radius 3 is 2.64 bits per heavy atom. The van der Waals surface area contributed by atoms with Crippen LogP contribution in [-0.4, -0.2) is 37.3 Å². The zero-order chi connectivity index (χ0) is 27.5. The van der Waals surface area contributed by atoms with Crippen LogP contribution >= 0.6 is 46.3 Å². The molecule has 2 amide bonds. The lowest BCUT2D eigenvalue weighted by molar-refractivity contribution is -0.113. The number of aromatic nitrogens is 4. The number of nitrogens with zero attached hydrogens (tertiary/aromatic N) is 4. The van der Waals surface area contributed by atoms with Crippen LogP contribution in [0.3, 0.4) is 0 Å². The van der Waals surface area contributed by atoms with Crippen molar-refractivity contribution in [1.82, 2.24) is 25.1 Å². The highest BCUT2D eigenvalue weighted by atomic mass is 35.5. The molecule has 39 heavy (non-hydrogen) atoms. The Bertz CT molecular complexity index is 1670. The predicted molar refractivity (Wildman–Crippen MR) is 157 cm³/mol. The van der Waals surface area contributed by atoms with E-state index < -0.39 is 0 Å². The number of carbonyl (C=O) groups excluding carboxylic acids is 2. The number of rotatable bonds is 8. The monoisotopic (exact) mass is 596 g/mol. The van der Waals surface area contributed by atoms with Gasteiger partial charge in [-0.25, -0.2) is 4.98 Å². The first kappa shape index (κ1) is 27.1. The largest absolute Gasteiger partial charge is 0.345 e. The SMILES string of the molecule is Cc1ccc(C)c(-n2c(CNC(=O)c3ccc(Cl)cc3Cl)nnc2SCC(=O)Nc2nc3ccccc3s2)c1. The molecule has 0 spiro atoms. The Kier molecular flexibility index (Phi) is 8.18. The molecule has 0 radical (unpaired) electrons. The molecule has 0 unspecified atom stereocenters. The van der Waals surface area contributed by atoms with Crippen molar-refractivity contribution in [3.63, 3.8) is 0 Å². The number of anilines is 1. The summed E-state index contributed by atoms with van der Waals surface area (Å²) in [6, 6.07) is 18.5. The van der Waals surface area contributed by atoms with Crippen LogP contribution in [0, 0.1) is 13.8 Å². The van der Waals surface area contributed by atoms with Crippen molar-refractivity contribution in [3.05, 3.63) is 93.2 Å². The number of hydrogen-bond acceptors (Lipinski definition) is 7. The molecule has 0 aliphatic heterocycles. The van der Waals surface area contributed by atoms with Gasteiger partial charge in [0.1, 0.15) is 0 Å². The fourth-order valence-electron chi connectivity index (χ4n) is 3.85. The minimum Gasteiger partial charge on any atom is -0.345 e. The molecule has 0 atom stereocenters. The van der Waals surface area contributed by atoms with Crippen LogP contribution in [0.2, 0.25) is 10.0 Å². The van der Waals surface area contributed by atoms with E-state index in [4.69, 9.17) is 23.2 Å². The molecule has 2 heterocycles. The number of thioether (sulfide) groups is 1. The van der Waals surface area contributed by atoms with Gasteiger partial charge in [0.2, 0.25) is 5.91 Å². The maximum atomic E-state index is 12.8. The average molecular weight is 598 g/mol. The van der Waals surface area contributed by atoms with Crippen LogP contribution in [0.25, 0.3) is 15.9 Å². The van der Waals surface area contributed by atoms with Gasteiger partial charge in [0.15, 0.2) is 16.1 Å². The second-order valence-corrected chi connectivity index (χ2v) is 11.5. The minimum absolute atomic E-state index is 0.0939. The molecule has 12 heteroatoms. The number of halogens is 2. The van der Waals surface area contributed by atoms with Gasteiger partial charge in [-0.2, -0.15) is 0 Å². The molecule has 198 valence electrons. The number of hydrogen-bond donors (Lipinski definition) is 2. The van der Waals surface area contributed by atoms with Gasteiger partial charge in [-0.3, -0.25) is 14.2 Å². The molecule has 0 saturated carbocycles. The number of nitrogens with one attached hydrogen (secondary N) is 2. The van der Waals surface area contributed by atoms with E-state index in [-0.39, 0.29) is 29.1 Å². The fourth-order valence-corrected chi connectivity index (χ4v) is 5.99. The zero-order valence-corrected chi connectivity index (χ0v) is 24.0. The smallest absolute Gasteiger partial charge is 0.253 e. The highest BCUT2D eigenvalue weighted by Gasteiger charge is 2.19. The van der Waals surface area contributed by atoms with Gasteiger partial charge in [-0.15, -0.1) is 10.2 Å². The molecular formula is C27H22Cl2N6O2S2. The topological polar surface area (TPSA) is 102 Å². The Labute approximate surface area is 242 Å². The van der Waals surface area contributed by atoms with E-state index >= 15 is 0 Å². The highest BCUT2D eigenvalue weighted by molar-refractivity contribution is 7.99. The Balaban J connectivity index is 1.35. The Morgan fingerprint density at radius 2 is 1.85 bits per heavy atom. The van der Waals surface area contributed by atoms with Crippen molar-refractivity contribution >= 4 is 73.5 Å². The molecule has 0 aliphatic carbocycles. The van der Waals surface area contributed by atoms with Crippen LogP contribution in [-0.2, 0) is 11.3 Å². The molecule has 3 aromatic carbocycles. The number of aryl methyl sites for hydroxylation is 2. The summed E-state index contributed by atoms with van der Waals surface area (Å²) >= 11 is 14.8. The maximum Gasteiger partial charge on any atom is 0.253 e. The third kappa shape index (κ3) is 6.25. The summed E-state index contributed by atoms with van der Waals surface area (Å²) in [6.45, 7) is 4.07. The van der Waals surface area contributed by atoms with Crippen LogP contribution in [0.1, 0.15) is 27.3 Å². The molecular weight excluding hydrogens is 575 g/mol. The third-order valence-electron chi connectivity index (χ3n) is 5.76. The first-order valence-electron chi connectivity index (χ1n) is 11.8. The zero-order valence-electron chi connectivity index (χ0n) is 20.9. The molecule has 0 bridgehead atoms. The molecule has 2 N–H and O–H groups in total. The van der Waals surface area contributed by atoms with E-state index in [1.54, 1.807) is 12.1 Å². The molecule has 0 saturated heterocycles. The lowest BCUT2D eigenvalue weighted by Gasteiger charge is -2.14. The summed E-state index contributed by atoms with van der Waals surface area (Å²) < 4.78 is 2.86. The fraction of sp³-hybridized carbons (Fsp3) is 0.148. The lowest BCUT2D eigenvalue weighted by Crippen LogP contribution is -2.25.